The number of ether oxygens (including phenoxy) is 5. The van der Waals surface area contributed by atoms with Crippen LogP contribution < -0.4 is 0 Å². The molecule has 4 aliphatic carbocycles. The van der Waals surface area contributed by atoms with Crippen molar-refractivity contribution >= 4 is 0 Å². The number of aliphatic hydroxyl groups excluding tert-OH is 8. The molecule has 0 amide bonds. The monoisotopic (exact) mass is 800 g/mol. The van der Waals surface area contributed by atoms with Gasteiger partial charge in [0.15, 0.2) is 12.6 Å². The van der Waals surface area contributed by atoms with Crippen molar-refractivity contribution in [2.45, 2.75) is 211 Å². The second kappa shape index (κ2) is 14.5. The first-order chi connectivity index (χ1) is 25.9. The molecule has 56 heavy (non-hydrogen) atoms. The molecular formula is C42H72O14. The van der Waals surface area contributed by atoms with E-state index in [1.54, 1.807) is 13.8 Å². The number of rotatable bonds is 7. The van der Waals surface area contributed by atoms with Crippen LogP contribution in [0.3, 0.4) is 0 Å². The second-order valence-electron chi connectivity index (χ2n) is 21.2. The Morgan fingerprint density at radius 1 is 0.732 bits per heavy atom. The van der Waals surface area contributed by atoms with Crippen LogP contribution in [-0.2, 0) is 23.7 Å². The van der Waals surface area contributed by atoms with E-state index in [1.807, 2.05) is 0 Å². The van der Waals surface area contributed by atoms with E-state index in [4.69, 9.17) is 23.7 Å². The van der Waals surface area contributed by atoms with Gasteiger partial charge in [-0.05, 0) is 124 Å². The molecule has 7 rings (SSSR count). The van der Waals surface area contributed by atoms with Crippen molar-refractivity contribution in [2.75, 3.05) is 6.61 Å². The van der Waals surface area contributed by atoms with E-state index in [1.165, 1.54) is 6.92 Å². The standard InChI is InChI=1S/C42H72O14/c1-19-28(46)30(48)32(50)35(52-19)55-33-31(49)29(47)23(18-43)54-36(33)53-22-17-41(8)24(39(6)13-11-25(45)37(2,3)34(22)39)16-21(44)27-20(10-14-40(27,41)7)42(9)15-12-26(56-42)38(4,5)51/h19-36,43-51H,10-18H2,1-9H3/t19-,20-,21+,22-,23+,24+,25-,26+,27-,28-,29+,30+,31-,32+,33+,34-,35?,36?,39+,40+,41+,42-/m0/s1. The molecule has 0 bridgehead atoms. The van der Waals surface area contributed by atoms with Gasteiger partial charge in [0.05, 0.1) is 48.3 Å². The van der Waals surface area contributed by atoms with Crippen molar-refractivity contribution in [1.82, 2.24) is 0 Å². The van der Waals surface area contributed by atoms with Gasteiger partial charge in [0, 0.05) is 0 Å². The van der Waals surface area contributed by atoms with E-state index >= 15 is 0 Å². The smallest absolute Gasteiger partial charge is 0.187 e. The largest absolute Gasteiger partial charge is 0.394 e. The van der Waals surface area contributed by atoms with Crippen LogP contribution in [0, 0.1) is 45.3 Å². The Bertz CT molecular complexity index is 1430. The van der Waals surface area contributed by atoms with E-state index in [0.29, 0.717) is 25.7 Å². The van der Waals surface area contributed by atoms with Gasteiger partial charge in [-0.25, -0.2) is 0 Å². The van der Waals surface area contributed by atoms with E-state index in [-0.39, 0.29) is 35.2 Å². The molecule has 3 aliphatic heterocycles. The lowest BCUT2D eigenvalue weighted by atomic mass is 9.34. The molecule has 324 valence electrons. The molecule has 0 aromatic rings. The van der Waals surface area contributed by atoms with E-state index in [0.717, 1.165) is 25.7 Å². The Labute approximate surface area is 331 Å². The van der Waals surface area contributed by atoms with Gasteiger partial charge in [-0.1, -0.05) is 34.6 Å². The van der Waals surface area contributed by atoms with E-state index in [2.05, 4.69) is 41.5 Å². The highest BCUT2D eigenvalue weighted by Gasteiger charge is 2.74. The van der Waals surface area contributed by atoms with Crippen molar-refractivity contribution in [3.8, 4) is 0 Å². The van der Waals surface area contributed by atoms with Crippen LogP contribution in [0.15, 0.2) is 0 Å². The zero-order valence-corrected chi connectivity index (χ0v) is 34.8. The summed E-state index contributed by atoms with van der Waals surface area (Å²) in [4.78, 5) is 0. The normalized spacial score (nSPS) is 57.3. The Morgan fingerprint density at radius 3 is 2.04 bits per heavy atom. The predicted octanol–water partition coefficient (Wildman–Crippen LogP) is 1.36. The highest BCUT2D eigenvalue weighted by atomic mass is 16.8. The fourth-order valence-corrected chi connectivity index (χ4v) is 14.1. The summed E-state index contributed by atoms with van der Waals surface area (Å²) in [6, 6.07) is 0. The van der Waals surface area contributed by atoms with Crippen LogP contribution in [0.5, 0.6) is 0 Å². The molecule has 0 aromatic carbocycles. The van der Waals surface area contributed by atoms with Gasteiger partial charge in [-0.2, -0.15) is 0 Å². The molecule has 7 fully saturated rings. The summed E-state index contributed by atoms with van der Waals surface area (Å²) in [6.07, 6.45) is -11.0. The summed E-state index contributed by atoms with van der Waals surface area (Å²) < 4.78 is 32.0. The molecule has 14 nitrogen and oxygen atoms in total. The quantitative estimate of drug-likeness (QED) is 0.166. The van der Waals surface area contributed by atoms with Gasteiger partial charge in [0.2, 0.25) is 0 Å². The maximum atomic E-state index is 12.4. The average molecular weight is 801 g/mol. The summed E-state index contributed by atoms with van der Waals surface area (Å²) in [5.41, 5.74) is -3.36. The predicted molar refractivity (Wildman–Crippen MR) is 200 cm³/mol. The first-order valence-corrected chi connectivity index (χ1v) is 21.2. The first-order valence-electron chi connectivity index (χ1n) is 21.2. The SMILES string of the molecule is C[C@@H]1OC(O[C@H]2C(O[C@H]3C[C@]4(C)[C@H](C[C@@H](O)[C@@H]5[C@@H]([C@]6(C)CC[C@H](C(C)(C)O)O6)CC[C@]54C)[C@@]4(C)CC[C@H](O)C(C)(C)[C@H]34)O[C@H](CO)[C@@H](O)[C@@H]2O)[C@H](O)[C@H](O)[C@H]1O. The maximum Gasteiger partial charge on any atom is 0.187 e. The molecular weight excluding hydrogens is 728 g/mol. The zero-order chi connectivity index (χ0) is 41.3. The van der Waals surface area contributed by atoms with Crippen molar-refractivity contribution in [2.24, 2.45) is 45.3 Å². The molecule has 7 aliphatic rings. The molecule has 0 spiro atoms. The van der Waals surface area contributed by atoms with Crippen LogP contribution in [0.4, 0.5) is 0 Å². The minimum atomic E-state index is -1.70. The Hall–Kier alpha value is -0.560. The molecule has 3 saturated heterocycles. The molecule has 4 saturated carbocycles. The fourth-order valence-electron chi connectivity index (χ4n) is 14.1. The Morgan fingerprint density at radius 2 is 1.41 bits per heavy atom. The van der Waals surface area contributed by atoms with E-state index < -0.39 is 114 Å². The summed E-state index contributed by atoms with van der Waals surface area (Å²) >= 11 is 0. The molecule has 9 N–H and O–H groups in total. The summed E-state index contributed by atoms with van der Waals surface area (Å²) in [6.45, 7) is 17.6. The topological polar surface area (TPSA) is 228 Å². The van der Waals surface area contributed by atoms with Gasteiger partial charge in [0.1, 0.15) is 42.7 Å². The van der Waals surface area contributed by atoms with Crippen molar-refractivity contribution < 1.29 is 69.6 Å². The van der Waals surface area contributed by atoms with Crippen molar-refractivity contribution in [3.63, 3.8) is 0 Å². The molecule has 3 heterocycles. The highest BCUT2D eigenvalue weighted by Crippen LogP contribution is 2.76. The summed E-state index contributed by atoms with van der Waals surface area (Å²) in [5, 5.41) is 99.5. The molecule has 0 radical (unpaired) electrons. The van der Waals surface area contributed by atoms with Crippen molar-refractivity contribution in [1.29, 1.82) is 0 Å². The van der Waals surface area contributed by atoms with Crippen LogP contribution in [0.2, 0.25) is 0 Å². The van der Waals surface area contributed by atoms with Crippen molar-refractivity contribution in [3.05, 3.63) is 0 Å². The third kappa shape index (κ3) is 6.49. The third-order valence-electron chi connectivity index (χ3n) is 17.3. The zero-order valence-electron chi connectivity index (χ0n) is 34.8. The summed E-state index contributed by atoms with van der Waals surface area (Å²) in [5.74, 6) is -0.246. The van der Waals surface area contributed by atoms with E-state index in [9.17, 15) is 46.0 Å². The maximum absolute atomic E-state index is 12.4. The van der Waals surface area contributed by atoms with Gasteiger partial charge < -0.3 is 69.6 Å². The molecule has 0 aromatic heterocycles. The summed E-state index contributed by atoms with van der Waals surface area (Å²) in [7, 11) is 0. The molecule has 22 atom stereocenters. The Balaban J connectivity index is 1.26. The number of hydrogen-bond donors (Lipinski definition) is 9. The third-order valence-corrected chi connectivity index (χ3v) is 17.3. The van der Waals surface area contributed by atoms with Gasteiger partial charge in [0.25, 0.3) is 0 Å². The second-order valence-corrected chi connectivity index (χ2v) is 21.2. The Kier molecular flexibility index (Phi) is 11.3. The molecule has 14 heteroatoms. The van der Waals surface area contributed by atoms with Crippen LogP contribution in [0.1, 0.15) is 114 Å². The van der Waals surface area contributed by atoms with Gasteiger partial charge >= 0.3 is 0 Å². The van der Waals surface area contributed by atoms with Gasteiger partial charge in [-0.3, -0.25) is 0 Å². The van der Waals surface area contributed by atoms with Gasteiger partial charge in [-0.15, -0.1) is 0 Å². The minimum absolute atomic E-state index is 0.0557. The highest BCUT2D eigenvalue weighted by molar-refractivity contribution is 5.22. The number of aliphatic hydroxyl groups is 9. The van der Waals surface area contributed by atoms with Crippen LogP contribution in [0.25, 0.3) is 0 Å². The van der Waals surface area contributed by atoms with Crippen LogP contribution in [-0.4, -0.2) is 150 Å². The minimum Gasteiger partial charge on any atom is -0.394 e. The fraction of sp³-hybridized carbons (Fsp3) is 1.00. The number of fused-ring (bicyclic) bond motifs is 5. The number of hydrogen-bond acceptors (Lipinski definition) is 14. The lowest BCUT2D eigenvalue weighted by Crippen LogP contribution is -2.71. The average Bonchev–Trinajstić information content (AvgIpc) is 3.71. The molecule has 2 unspecified atom stereocenters. The van der Waals surface area contributed by atoms with Crippen LogP contribution >= 0.6 is 0 Å². The lowest BCUT2D eigenvalue weighted by Gasteiger charge is -2.72. The lowest BCUT2D eigenvalue weighted by molar-refractivity contribution is -0.382. The first kappa shape index (κ1) is 43.5.